The minimum Gasteiger partial charge on any atom is -0.292 e. The molecule has 2 aromatic carbocycles. The first-order valence-electron chi connectivity index (χ1n) is 8.11. The first kappa shape index (κ1) is 17.1. The number of nitrogens with zero attached hydrogens (tertiary/aromatic N) is 5. The van der Waals surface area contributed by atoms with Crippen molar-refractivity contribution in [2.75, 3.05) is 0 Å². The Kier molecular flexibility index (Phi) is 4.48. The molecule has 2 aromatic heterocycles. The van der Waals surface area contributed by atoms with Gasteiger partial charge < -0.3 is 0 Å². The highest BCUT2D eigenvalue weighted by Crippen LogP contribution is 2.27. The second-order valence-electron chi connectivity index (χ2n) is 5.86. The first-order chi connectivity index (χ1) is 13.2. The van der Waals surface area contributed by atoms with Crippen LogP contribution in [0, 0.1) is 11.3 Å². The minimum atomic E-state index is -1.02. The third-order valence-corrected chi connectivity index (χ3v) is 4.69. The molecule has 0 aliphatic rings. The molecule has 0 spiro atoms. The Morgan fingerprint density at radius 1 is 1.15 bits per heavy atom. The number of nitriles is 1. The Hall–Kier alpha value is -3.37. The van der Waals surface area contributed by atoms with Gasteiger partial charge in [-0.25, -0.2) is 9.67 Å². The summed E-state index contributed by atoms with van der Waals surface area (Å²) in [6, 6.07) is 18.5. The predicted molar refractivity (Wildman–Crippen MR) is 103 cm³/mol. The van der Waals surface area contributed by atoms with E-state index in [4.69, 9.17) is 0 Å². The summed E-state index contributed by atoms with van der Waals surface area (Å²) in [6.45, 7) is 0. The number of fused-ring (bicyclic) bond motifs is 1. The fraction of sp³-hybridized carbons (Fsp3) is 0.0500. The Labute approximate surface area is 163 Å². The molecular formula is C20H12BrN5O. The van der Waals surface area contributed by atoms with Crippen molar-refractivity contribution in [3.8, 4) is 11.8 Å². The van der Waals surface area contributed by atoms with E-state index in [0.717, 1.165) is 15.4 Å². The van der Waals surface area contributed by atoms with Gasteiger partial charge in [-0.2, -0.15) is 10.4 Å². The van der Waals surface area contributed by atoms with Crippen LogP contribution in [0.15, 0.2) is 71.7 Å². The van der Waals surface area contributed by atoms with Crippen LogP contribution in [0.4, 0.5) is 0 Å². The molecule has 0 amide bonds. The molecule has 27 heavy (non-hydrogen) atoms. The molecule has 0 aliphatic carbocycles. The van der Waals surface area contributed by atoms with Crippen molar-refractivity contribution in [3.05, 3.63) is 83.0 Å². The van der Waals surface area contributed by atoms with Gasteiger partial charge in [-0.3, -0.25) is 9.78 Å². The van der Waals surface area contributed by atoms with Gasteiger partial charge in [0.15, 0.2) is 11.7 Å². The van der Waals surface area contributed by atoms with Crippen LogP contribution in [0.1, 0.15) is 22.0 Å². The molecule has 4 rings (SSSR count). The number of ketones is 1. The van der Waals surface area contributed by atoms with E-state index in [9.17, 15) is 10.1 Å². The van der Waals surface area contributed by atoms with Crippen molar-refractivity contribution in [2.45, 2.75) is 5.92 Å². The molecule has 130 valence electrons. The fourth-order valence-electron chi connectivity index (χ4n) is 2.89. The smallest absolute Gasteiger partial charge is 0.188 e. The van der Waals surface area contributed by atoms with Crippen LogP contribution in [0.5, 0.6) is 0 Å². The van der Waals surface area contributed by atoms with E-state index in [-0.39, 0.29) is 5.78 Å². The van der Waals surface area contributed by atoms with Gasteiger partial charge in [-0.1, -0.05) is 40.2 Å². The van der Waals surface area contributed by atoms with Crippen LogP contribution in [0.2, 0.25) is 0 Å². The van der Waals surface area contributed by atoms with Crippen LogP contribution in [0.3, 0.4) is 0 Å². The molecular weight excluding hydrogens is 406 g/mol. The standard InChI is InChI=1S/C20H12BrN5O/c21-14-6-7-15(19(9-14)26-12-23-11-24-26)20(27)16(10-22)18-8-5-13-3-1-2-4-17(13)25-18/h1-9,11-12,16H. The predicted octanol–water partition coefficient (Wildman–Crippen LogP) is 4.07. The second-order valence-corrected chi connectivity index (χ2v) is 6.77. The topological polar surface area (TPSA) is 84.5 Å². The van der Waals surface area contributed by atoms with E-state index >= 15 is 0 Å². The van der Waals surface area contributed by atoms with E-state index in [2.05, 4.69) is 37.1 Å². The largest absolute Gasteiger partial charge is 0.292 e. The molecule has 0 fully saturated rings. The van der Waals surface area contributed by atoms with E-state index in [1.54, 1.807) is 24.3 Å². The number of aromatic nitrogens is 4. The number of hydrogen-bond donors (Lipinski definition) is 0. The van der Waals surface area contributed by atoms with Gasteiger partial charge in [-0.15, -0.1) is 0 Å². The van der Waals surface area contributed by atoms with Crippen LogP contribution < -0.4 is 0 Å². The highest BCUT2D eigenvalue weighted by Gasteiger charge is 2.26. The molecule has 1 atom stereocenters. The average molecular weight is 418 g/mol. The Morgan fingerprint density at radius 2 is 2.00 bits per heavy atom. The number of halogens is 1. The minimum absolute atomic E-state index is 0.335. The van der Waals surface area contributed by atoms with E-state index in [1.807, 2.05) is 30.3 Å². The fourth-order valence-corrected chi connectivity index (χ4v) is 3.24. The molecule has 0 N–H and O–H groups in total. The molecule has 4 aromatic rings. The van der Waals surface area contributed by atoms with Gasteiger partial charge in [0.2, 0.25) is 0 Å². The van der Waals surface area contributed by atoms with Crippen LogP contribution >= 0.6 is 15.9 Å². The lowest BCUT2D eigenvalue weighted by molar-refractivity contribution is 0.0977. The maximum absolute atomic E-state index is 13.2. The quantitative estimate of drug-likeness (QED) is 0.467. The van der Waals surface area contributed by atoms with Crippen LogP contribution in [0.25, 0.3) is 16.6 Å². The summed E-state index contributed by atoms with van der Waals surface area (Å²) in [5.41, 5.74) is 2.10. The highest BCUT2D eigenvalue weighted by molar-refractivity contribution is 9.10. The number of pyridine rings is 1. The first-order valence-corrected chi connectivity index (χ1v) is 8.91. The van der Waals surface area contributed by atoms with Crippen molar-refractivity contribution < 1.29 is 4.79 Å². The summed E-state index contributed by atoms with van der Waals surface area (Å²) in [5.74, 6) is -1.35. The lowest BCUT2D eigenvalue weighted by Gasteiger charge is -2.13. The number of carbonyl (C=O) groups excluding carboxylic acids is 1. The SMILES string of the molecule is N#CC(C(=O)c1ccc(Br)cc1-n1cncn1)c1ccc2ccccc2n1. The molecule has 1 unspecified atom stereocenters. The maximum Gasteiger partial charge on any atom is 0.188 e. The molecule has 0 bridgehead atoms. The zero-order valence-corrected chi connectivity index (χ0v) is 15.5. The molecule has 0 saturated carbocycles. The summed E-state index contributed by atoms with van der Waals surface area (Å²) in [4.78, 5) is 21.6. The Bertz CT molecular complexity index is 1180. The van der Waals surface area contributed by atoms with Crippen molar-refractivity contribution in [1.82, 2.24) is 19.7 Å². The van der Waals surface area contributed by atoms with Crippen molar-refractivity contribution in [1.29, 1.82) is 5.26 Å². The monoisotopic (exact) mass is 417 g/mol. The van der Waals surface area contributed by atoms with Crippen molar-refractivity contribution in [3.63, 3.8) is 0 Å². The third-order valence-electron chi connectivity index (χ3n) is 4.20. The molecule has 6 nitrogen and oxygen atoms in total. The van der Waals surface area contributed by atoms with Gasteiger partial charge in [-0.05, 0) is 30.3 Å². The molecule has 0 aliphatic heterocycles. The van der Waals surface area contributed by atoms with Crippen LogP contribution in [-0.2, 0) is 0 Å². The summed E-state index contributed by atoms with van der Waals surface area (Å²) in [5, 5.41) is 14.8. The zero-order chi connectivity index (χ0) is 18.8. The number of benzene rings is 2. The third kappa shape index (κ3) is 3.23. The highest BCUT2D eigenvalue weighted by atomic mass is 79.9. The Balaban J connectivity index is 1.80. The lowest BCUT2D eigenvalue weighted by atomic mass is 9.94. The van der Waals surface area contributed by atoms with E-state index in [1.165, 1.54) is 17.3 Å². The lowest BCUT2D eigenvalue weighted by Crippen LogP contribution is -2.15. The second kappa shape index (κ2) is 7.09. The number of Topliss-reactive ketones (excluding diaryl/α,β-unsaturated/α-hetero) is 1. The molecule has 0 radical (unpaired) electrons. The van der Waals surface area contributed by atoms with Gasteiger partial charge in [0.1, 0.15) is 12.7 Å². The molecule has 2 heterocycles. The summed E-state index contributed by atoms with van der Waals surface area (Å²) < 4.78 is 2.29. The van der Waals surface area contributed by atoms with Gasteiger partial charge in [0, 0.05) is 15.4 Å². The number of hydrogen-bond acceptors (Lipinski definition) is 5. The van der Waals surface area contributed by atoms with Crippen molar-refractivity contribution >= 4 is 32.6 Å². The zero-order valence-electron chi connectivity index (χ0n) is 14.0. The molecule has 7 heteroatoms. The Morgan fingerprint density at radius 3 is 2.78 bits per heavy atom. The average Bonchev–Trinajstić information content (AvgIpc) is 3.23. The number of rotatable bonds is 4. The van der Waals surface area contributed by atoms with Crippen LogP contribution in [-0.4, -0.2) is 25.5 Å². The van der Waals surface area contributed by atoms with E-state index in [0.29, 0.717) is 16.9 Å². The number of para-hydroxylation sites is 1. The normalized spacial score (nSPS) is 11.9. The summed E-state index contributed by atoms with van der Waals surface area (Å²) in [7, 11) is 0. The summed E-state index contributed by atoms with van der Waals surface area (Å²) >= 11 is 3.41. The van der Waals surface area contributed by atoms with Gasteiger partial charge in [0.25, 0.3) is 0 Å². The van der Waals surface area contributed by atoms with Crippen molar-refractivity contribution in [2.24, 2.45) is 0 Å². The van der Waals surface area contributed by atoms with Gasteiger partial charge in [0.05, 0.1) is 23.0 Å². The summed E-state index contributed by atoms with van der Waals surface area (Å²) in [6.07, 6.45) is 2.90. The molecule has 0 saturated heterocycles. The van der Waals surface area contributed by atoms with E-state index < -0.39 is 5.92 Å². The maximum atomic E-state index is 13.2. The van der Waals surface area contributed by atoms with Gasteiger partial charge >= 0.3 is 0 Å². The number of carbonyl (C=O) groups is 1.